The molecule has 102 valence electrons. The topological polar surface area (TPSA) is 73.2 Å². The Hall–Kier alpha value is -2.01. The van der Waals surface area contributed by atoms with Crippen LogP contribution >= 0.6 is 0 Å². The van der Waals surface area contributed by atoms with Gasteiger partial charge in [-0.05, 0) is 32.0 Å². The van der Waals surface area contributed by atoms with Gasteiger partial charge in [-0.3, -0.25) is 0 Å². The van der Waals surface area contributed by atoms with Gasteiger partial charge in [-0.25, -0.2) is 4.98 Å². The second-order valence-corrected chi connectivity index (χ2v) is 3.98. The van der Waals surface area contributed by atoms with Crippen molar-refractivity contribution in [2.75, 3.05) is 13.2 Å². The maximum atomic E-state index is 5.60. The van der Waals surface area contributed by atoms with Gasteiger partial charge in [0.1, 0.15) is 5.82 Å². The third kappa shape index (κ3) is 3.06. The minimum atomic E-state index is 0.398. The molecule has 0 aliphatic heterocycles. The van der Waals surface area contributed by atoms with E-state index in [0.29, 0.717) is 19.8 Å². The van der Waals surface area contributed by atoms with E-state index in [1.165, 1.54) is 0 Å². The Labute approximate surface area is 112 Å². The molecule has 2 rings (SSSR count). The number of H-pyrrole nitrogens is 1. The summed E-state index contributed by atoms with van der Waals surface area (Å²) in [6.45, 7) is 5.51. The van der Waals surface area contributed by atoms with E-state index in [1.54, 1.807) is 6.20 Å². The Morgan fingerprint density at radius 1 is 1.16 bits per heavy atom. The second kappa shape index (κ2) is 6.24. The van der Waals surface area contributed by atoms with Crippen LogP contribution in [0.4, 0.5) is 0 Å². The molecule has 19 heavy (non-hydrogen) atoms. The third-order valence-electron chi connectivity index (χ3n) is 2.68. The summed E-state index contributed by atoms with van der Waals surface area (Å²) in [4.78, 5) is 7.36. The molecule has 0 bridgehead atoms. The van der Waals surface area contributed by atoms with Crippen molar-refractivity contribution >= 4 is 0 Å². The van der Waals surface area contributed by atoms with E-state index in [1.807, 2.05) is 32.0 Å². The highest BCUT2D eigenvalue weighted by molar-refractivity contribution is 5.63. The van der Waals surface area contributed by atoms with Crippen molar-refractivity contribution in [1.29, 1.82) is 0 Å². The van der Waals surface area contributed by atoms with E-state index >= 15 is 0 Å². The molecule has 3 N–H and O–H groups in total. The van der Waals surface area contributed by atoms with Crippen LogP contribution in [0.25, 0.3) is 11.3 Å². The first kappa shape index (κ1) is 13.4. The summed E-state index contributed by atoms with van der Waals surface area (Å²) >= 11 is 0. The molecule has 0 saturated heterocycles. The molecule has 1 aromatic carbocycles. The number of benzene rings is 1. The van der Waals surface area contributed by atoms with Crippen LogP contribution in [0.15, 0.2) is 24.4 Å². The minimum absolute atomic E-state index is 0.398. The van der Waals surface area contributed by atoms with Crippen molar-refractivity contribution < 1.29 is 9.47 Å². The summed E-state index contributed by atoms with van der Waals surface area (Å²) in [5, 5.41) is 0. The Balaban J connectivity index is 2.33. The number of rotatable bonds is 6. The Morgan fingerprint density at radius 3 is 2.53 bits per heavy atom. The smallest absolute Gasteiger partial charge is 0.161 e. The Morgan fingerprint density at radius 2 is 1.89 bits per heavy atom. The van der Waals surface area contributed by atoms with Gasteiger partial charge in [0.15, 0.2) is 11.5 Å². The zero-order chi connectivity index (χ0) is 13.7. The lowest BCUT2D eigenvalue weighted by Crippen LogP contribution is -1.99. The van der Waals surface area contributed by atoms with Crippen molar-refractivity contribution in [3.05, 3.63) is 30.2 Å². The molecule has 5 nitrogen and oxygen atoms in total. The molecular formula is C14H19N3O2. The van der Waals surface area contributed by atoms with Crippen LogP contribution in [0, 0.1) is 0 Å². The summed E-state index contributed by atoms with van der Waals surface area (Å²) in [7, 11) is 0. The predicted octanol–water partition coefficient (Wildman–Crippen LogP) is 2.33. The molecule has 0 radical (unpaired) electrons. The molecule has 1 aromatic heterocycles. The fourth-order valence-corrected chi connectivity index (χ4v) is 1.83. The van der Waals surface area contributed by atoms with E-state index < -0.39 is 0 Å². The summed E-state index contributed by atoms with van der Waals surface area (Å²) in [5.74, 6) is 2.26. The van der Waals surface area contributed by atoms with E-state index in [0.717, 1.165) is 28.6 Å². The SMILES string of the molecule is CCOc1ccc(-c2cnc(CN)[nH]2)cc1OCC. The Kier molecular flexibility index (Phi) is 4.41. The summed E-state index contributed by atoms with van der Waals surface area (Å²) in [6.07, 6.45) is 1.77. The highest BCUT2D eigenvalue weighted by Crippen LogP contribution is 2.32. The molecule has 0 aliphatic carbocycles. The zero-order valence-corrected chi connectivity index (χ0v) is 11.3. The maximum Gasteiger partial charge on any atom is 0.161 e. The van der Waals surface area contributed by atoms with Crippen molar-refractivity contribution in [3.8, 4) is 22.8 Å². The molecule has 0 fully saturated rings. The predicted molar refractivity (Wildman–Crippen MR) is 74.3 cm³/mol. The standard InChI is InChI=1S/C14H19N3O2/c1-3-18-12-6-5-10(7-13(12)19-4-2)11-9-16-14(8-15)17-11/h5-7,9H,3-4,8,15H2,1-2H3,(H,16,17). The van der Waals surface area contributed by atoms with Gasteiger partial charge in [0.25, 0.3) is 0 Å². The lowest BCUT2D eigenvalue weighted by atomic mass is 10.1. The van der Waals surface area contributed by atoms with Crippen LogP contribution < -0.4 is 15.2 Å². The van der Waals surface area contributed by atoms with Gasteiger partial charge in [0.05, 0.1) is 31.6 Å². The highest BCUT2D eigenvalue weighted by Gasteiger charge is 2.09. The number of hydrogen-bond acceptors (Lipinski definition) is 4. The monoisotopic (exact) mass is 261 g/mol. The quantitative estimate of drug-likeness (QED) is 0.837. The number of nitrogens with zero attached hydrogens (tertiary/aromatic N) is 1. The van der Waals surface area contributed by atoms with Gasteiger partial charge in [0.2, 0.25) is 0 Å². The lowest BCUT2D eigenvalue weighted by molar-refractivity contribution is 0.288. The van der Waals surface area contributed by atoms with Gasteiger partial charge in [-0.1, -0.05) is 0 Å². The molecule has 2 aromatic rings. The van der Waals surface area contributed by atoms with Crippen LogP contribution in [0.3, 0.4) is 0 Å². The first-order valence-corrected chi connectivity index (χ1v) is 6.42. The van der Waals surface area contributed by atoms with Crippen LogP contribution in [0.2, 0.25) is 0 Å². The normalized spacial score (nSPS) is 10.5. The fourth-order valence-electron chi connectivity index (χ4n) is 1.83. The molecule has 0 atom stereocenters. The van der Waals surface area contributed by atoms with Gasteiger partial charge < -0.3 is 20.2 Å². The van der Waals surface area contributed by atoms with Gasteiger partial charge in [0, 0.05) is 5.56 Å². The summed E-state index contributed by atoms with van der Waals surface area (Å²) < 4.78 is 11.1. The first-order chi connectivity index (χ1) is 9.28. The fraction of sp³-hybridized carbons (Fsp3) is 0.357. The average Bonchev–Trinajstić information content (AvgIpc) is 2.90. The molecule has 0 unspecified atom stereocenters. The number of nitrogens with two attached hydrogens (primary N) is 1. The maximum absolute atomic E-state index is 5.60. The number of ether oxygens (including phenoxy) is 2. The molecule has 5 heteroatoms. The van der Waals surface area contributed by atoms with E-state index in [-0.39, 0.29) is 0 Å². The zero-order valence-electron chi connectivity index (χ0n) is 11.3. The van der Waals surface area contributed by atoms with Gasteiger partial charge in [-0.2, -0.15) is 0 Å². The Bertz CT molecular complexity index is 537. The highest BCUT2D eigenvalue weighted by atomic mass is 16.5. The van der Waals surface area contributed by atoms with Crippen molar-refractivity contribution in [2.24, 2.45) is 5.73 Å². The number of hydrogen-bond donors (Lipinski definition) is 2. The average molecular weight is 261 g/mol. The van der Waals surface area contributed by atoms with Crippen LogP contribution in [-0.2, 0) is 6.54 Å². The van der Waals surface area contributed by atoms with Crippen molar-refractivity contribution in [2.45, 2.75) is 20.4 Å². The second-order valence-electron chi connectivity index (χ2n) is 3.98. The van der Waals surface area contributed by atoms with Gasteiger partial charge >= 0.3 is 0 Å². The molecule has 0 aliphatic rings. The van der Waals surface area contributed by atoms with E-state index in [2.05, 4.69) is 9.97 Å². The number of imidazole rings is 1. The number of aromatic nitrogens is 2. The molecule has 1 heterocycles. The summed E-state index contributed by atoms with van der Waals surface area (Å²) in [6, 6.07) is 5.83. The summed E-state index contributed by atoms with van der Waals surface area (Å²) in [5.41, 5.74) is 7.46. The minimum Gasteiger partial charge on any atom is -0.490 e. The van der Waals surface area contributed by atoms with Gasteiger partial charge in [-0.15, -0.1) is 0 Å². The van der Waals surface area contributed by atoms with E-state index in [9.17, 15) is 0 Å². The molecule has 0 saturated carbocycles. The first-order valence-electron chi connectivity index (χ1n) is 6.42. The number of nitrogens with one attached hydrogen (secondary N) is 1. The third-order valence-corrected chi connectivity index (χ3v) is 2.68. The largest absolute Gasteiger partial charge is 0.490 e. The molecular weight excluding hydrogens is 242 g/mol. The van der Waals surface area contributed by atoms with E-state index in [4.69, 9.17) is 15.2 Å². The van der Waals surface area contributed by atoms with Crippen molar-refractivity contribution in [3.63, 3.8) is 0 Å². The molecule has 0 amide bonds. The van der Waals surface area contributed by atoms with Crippen molar-refractivity contribution in [1.82, 2.24) is 9.97 Å². The van der Waals surface area contributed by atoms with Crippen LogP contribution in [0.1, 0.15) is 19.7 Å². The number of aromatic amines is 1. The molecule has 0 spiro atoms. The van der Waals surface area contributed by atoms with Crippen LogP contribution in [-0.4, -0.2) is 23.2 Å². The lowest BCUT2D eigenvalue weighted by Gasteiger charge is -2.11. The van der Waals surface area contributed by atoms with Crippen LogP contribution in [0.5, 0.6) is 11.5 Å².